The molecule has 0 fully saturated rings. The summed E-state index contributed by atoms with van der Waals surface area (Å²) in [6, 6.07) is 5.38. The third-order valence-electron chi connectivity index (χ3n) is 2.25. The van der Waals surface area contributed by atoms with E-state index in [1.807, 2.05) is 26.8 Å². The van der Waals surface area contributed by atoms with Gasteiger partial charge in [-0.3, -0.25) is 0 Å². The minimum atomic E-state index is -0.495. The molecule has 0 saturated heterocycles. The number of benzene rings is 1. The molecule has 0 saturated carbocycles. The molecule has 0 amide bonds. The Bertz CT molecular complexity index is 470. The first kappa shape index (κ1) is 15.1. The predicted octanol–water partition coefficient (Wildman–Crippen LogP) is 3.06. The Morgan fingerprint density at radius 3 is 2.37 bits per heavy atom. The van der Waals surface area contributed by atoms with Gasteiger partial charge in [-0.05, 0) is 39.0 Å². The van der Waals surface area contributed by atoms with Gasteiger partial charge in [0.2, 0.25) is 0 Å². The van der Waals surface area contributed by atoms with E-state index in [2.05, 4.69) is 0 Å². The van der Waals surface area contributed by atoms with Crippen molar-refractivity contribution in [2.75, 3.05) is 14.2 Å². The number of esters is 1. The van der Waals surface area contributed by atoms with Gasteiger partial charge in [-0.2, -0.15) is 0 Å². The van der Waals surface area contributed by atoms with Gasteiger partial charge in [-0.1, -0.05) is 0 Å². The van der Waals surface area contributed by atoms with Crippen LogP contribution in [0.2, 0.25) is 0 Å². The van der Waals surface area contributed by atoms with Crippen LogP contribution < -0.4 is 9.47 Å². The zero-order valence-electron chi connectivity index (χ0n) is 12.0. The number of hydrogen-bond donors (Lipinski definition) is 0. The molecule has 1 aromatic rings. The minimum Gasteiger partial charge on any atom is -0.497 e. The summed E-state index contributed by atoms with van der Waals surface area (Å²) in [6.45, 7) is 5.48. The van der Waals surface area contributed by atoms with Crippen LogP contribution in [0.4, 0.5) is 0 Å². The van der Waals surface area contributed by atoms with Gasteiger partial charge in [-0.25, -0.2) is 4.79 Å². The Morgan fingerprint density at radius 1 is 1.16 bits per heavy atom. The molecule has 0 heterocycles. The van der Waals surface area contributed by atoms with Crippen molar-refractivity contribution in [3.05, 3.63) is 29.8 Å². The highest BCUT2D eigenvalue weighted by molar-refractivity contribution is 5.87. The fraction of sp³-hybridized carbons (Fsp3) is 0.400. The molecule has 0 aromatic heterocycles. The molecule has 0 atom stereocenters. The number of rotatable bonds is 4. The maximum atomic E-state index is 11.6. The third kappa shape index (κ3) is 5.04. The van der Waals surface area contributed by atoms with Gasteiger partial charge in [-0.15, -0.1) is 0 Å². The average molecular weight is 264 g/mol. The molecule has 0 aliphatic rings. The second kappa shape index (κ2) is 6.27. The molecule has 0 N–H and O–H groups in total. The van der Waals surface area contributed by atoms with Crippen LogP contribution in [0.3, 0.4) is 0 Å². The van der Waals surface area contributed by atoms with Crippen molar-refractivity contribution < 1.29 is 19.0 Å². The highest BCUT2D eigenvalue weighted by Gasteiger charge is 2.14. The van der Waals surface area contributed by atoms with Gasteiger partial charge < -0.3 is 14.2 Å². The van der Waals surface area contributed by atoms with Crippen molar-refractivity contribution in [3.63, 3.8) is 0 Å². The molecule has 104 valence electrons. The van der Waals surface area contributed by atoms with Crippen LogP contribution in [0, 0.1) is 0 Å². The zero-order valence-corrected chi connectivity index (χ0v) is 12.0. The van der Waals surface area contributed by atoms with Crippen molar-refractivity contribution in [2.45, 2.75) is 26.4 Å². The first-order valence-electron chi connectivity index (χ1n) is 5.99. The van der Waals surface area contributed by atoms with Gasteiger partial charge in [0, 0.05) is 17.7 Å². The molecule has 19 heavy (non-hydrogen) atoms. The lowest BCUT2D eigenvalue weighted by Crippen LogP contribution is -2.22. The molecule has 1 aromatic carbocycles. The highest BCUT2D eigenvalue weighted by atomic mass is 16.6. The Morgan fingerprint density at radius 2 is 1.84 bits per heavy atom. The Kier molecular flexibility index (Phi) is 4.98. The van der Waals surface area contributed by atoms with E-state index in [4.69, 9.17) is 14.2 Å². The lowest BCUT2D eigenvalue weighted by Gasteiger charge is -2.17. The van der Waals surface area contributed by atoms with Gasteiger partial charge in [0.1, 0.15) is 17.1 Å². The van der Waals surface area contributed by atoms with Crippen molar-refractivity contribution in [3.8, 4) is 11.5 Å². The van der Waals surface area contributed by atoms with Crippen LogP contribution in [0.15, 0.2) is 24.3 Å². The lowest BCUT2D eigenvalue weighted by molar-refractivity contribution is -0.148. The van der Waals surface area contributed by atoms with E-state index in [1.165, 1.54) is 6.08 Å². The van der Waals surface area contributed by atoms with E-state index in [9.17, 15) is 4.79 Å². The first-order chi connectivity index (χ1) is 8.85. The molecule has 1 rings (SSSR count). The topological polar surface area (TPSA) is 44.8 Å². The summed E-state index contributed by atoms with van der Waals surface area (Å²) in [6.07, 6.45) is 3.04. The average Bonchev–Trinajstić information content (AvgIpc) is 2.34. The minimum absolute atomic E-state index is 0.384. The van der Waals surface area contributed by atoms with Crippen LogP contribution in [0.5, 0.6) is 11.5 Å². The van der Waals surface area contributed by atoms with E-state index >= 15 is 0 Å². The number of carbonyl (C=O) groups is 1. The molecule has 0 radical (unpaired) electrons. The molecule has 0 aliphatic carbocycles. The maximum Gasteiger partial charge on any atom is 0.331 e. The standard InChI is InChI=1S/C15H20O4/c1-15(2,3)19-14(16)9-7-11-6-8-12(17-4)10-13(11)18-5/h6-10H,1-5H3. The Hall–Kier alpha value is -1.97. The van der Waals surface area contributed by atoms with Crippen LogP contribution in [0.1, 0.15) is 26.3 Å². The fourth-order valence-electron chi connectivity index (χ4n) is 1.45. The summed E-state index contributed by atoms with van der Waals surface area (Å²) in [5, 5.41) is 0. The number of methoxy groups -OCH3 is 2. The normalized spacial score (nSPS) is 11.4. The van der Waals surface area contributed by atoms with E-state index in [0.717, 1.165) is 5.56 Å². The molecule has 4 heteroatoms. The molecule has 0 aliphatic heterocycles. The number of carbonyl (C=O) groups excluding carboxylic acids is 1. The van der Waals surface area contributed by atoms with Crippen molar-refractivity contribution >= 4 is 12.0 Å². The summed E-state index contributed by atoms with van der Waals surface area (Å²) in [5.41, 5.74) is 0.292. The summed E-state index contributed by atoms with van der Waals surface area (Å²) < 4.78 is 15.5. The van der Waals surface area contributed by atoms with Crippen LogP contribution in [-0.2, 0) is 9.53 Å². The molecule has 0 unspecified atom stereocenters. The van der Waals surface area contributed by atoms with Crippen LogP contribution in [-0.4, -0.2) is 25.8 Å². The second-order valence-electron chi connectivity index (χ2n) is 4.97. The predicted molar refractivity (Wildman–Crippen MR) is 74.4 cm³/mol. The molecule has 0 spiro atoms. The smallest absolute Gasteiger partial charge is 0.331 e. The SMILES string of the molecule is COc1ccc(C=CC(=O)OC(C)(C)C)c(OC)c1. The molecule has 4 nitrogen and oxygen atoms in total. The number of hydrogen-bond acceptors (Lipinski definition) is 4. The monoisotopic (exact) mass is 264 g/mol. The van der Waals surface area contributed by atoms with Crippen molar-refractivity contribution in [1.29, 1.82) is 0 Å². The van der Waals surface area contributed by atoms with Gasteiger partial charge in [0.25, 0.3) is 0 Å². The first-order valence-corrected chi connectivity index (χ1v) is 5.99. The fourth-order valence-corrected chi connectivity index (χ4v) is 1.45. The van der Waals surface area contributed by atoms with Crippen molar-refractivity contribution in [2.24, 2.45) is 0 Å². The quantitative estimate of drug-likeness (QED) is 0.619. The van der Waals surface area contributed by atoms with Gasteiger partial charge in [0.05, 0.1) is 14.2 Å². The second-order valence-corrected chi connectivity index (χ2v) is 4.97. The molecular formula is C15H20O4. The maximum absolute atomic E-state index is 11.6. The van der Waals surface area contributed by atoms with E-state index in [0.29, 0.717) is 11.5 Å². The van der Waals surface area contributed by atoms with E-state index in [-0.39, 0.29) is 5.97 Å². The summed E-state index contributed by atoms with van der Waals surface area (Å²) in [4.78, 5) is 11.6. The third-order valence-corrected chi connectivity index (χ3v) is 2.25. The van der Waals surface area contributed by atoms with Gasteiger partial charge in [0.15, 0.2) is 0 Å². The number of ether oxygens (including phenoxy) is 3. The summed E-state index contributed by atoms with van der Waals surface area (Å²) in [5.74, 6) is 0.954. The Balaban J connectivity index is 2.84. The molecule has 0 bridgehead atoms. The van der Waals surface area contributed by atoms with Crippen molar-refractivity contribution in [1.82, 2.24) is 0 Å². The van der Waals surface area contributed by atoms with Crippen LogP contribution in [0.25, 0.3) is 6.08 Å². The highest BCUT2D eigenvalue weighted by Crippen LogP contribution is 2.25. The van der Waals surface area contributed by atoms with Gasteiger partial charge >= 0.3 is 5.97 Å². The Labute approximate surface area is 114 Å². The summed E-state index contributed by atoms with van der Waals surface area (Å²) >= 11 is 0. The van der Waals surface area contributed by atoms with E-state index < -0.39 is 5.60 Å². The zero-order chi connectivity index (χ0) is 14.5. The molecular weight excluding hydrogens is 244 g/mol. The van der Waals surface area contributed by atoms with E-state index in [1.54, 1.807) is 32.4 Å². The van der Waals surface area contributed by atoms with Crippen LogP contribution >= 0.6 is 0 Å². The largest absolute Gasteiger partial charge is 0.497 e. The summed E-state index contributed by atoms with van der Waals surface area (Å²) in [7, 11) is 3.16. The lowest BCUT2D eigenvalue weighted by atomic mass is 10.1.